The van der Waals surface area contributed by atoms with Crippen molar-refractivity contribution in [2.45, 2.75) is 90.4 Å². The molecule has 3 nitrogen and oxygen atoms in total. The van der Waals surface area contributed by atoms with Crippen molar-refractivity contribution in [2.24, 2.45) is 0 Å². The molecule has 0 aromatic rings. The number of hydrogen-bond acceptors (Lipinski definition) is 2. The van der Waals surface area contributed by atoms with E-state index < -0.39 is 0 Å². The molecular weight excluding hydrogens is 322 g/mol. The van der Waals surface area contributed by atoms with Crippen LogP contribution >= 0.6 is 0 Å². The van der Waals surface area contributed by atoms with Gasteiger partial charge in [-0.05, 0) is 25.7 Å². The Kier molecular flexibility index (Phi) is 14.8. The van der Waals surface area contributed by atoms with E-state index in [1.54, 1.807) is 0 Å². The van der Waals surface area contributed by atoms with Crippen molar-refractivity contribution in [3.8, 4) is 0 Å². The first-order chi connectivity index (χ1) is 11.2. The van der Waals surface area contributed by atoms with Crippen molar-refractivity contribution in [2.75, 3.05) is 33.3 Å². The van der Waals surface area contributed by atoms with Crippen LogP contribution in [0.2, 0.25) is 0 Å². The molecule has 0 spiro atoms. The van der Waals surface area contributed by atoms with Crippen LogP contribution in [0.1, 0.15) is 90.4 Å². The molecule has 1 aliphatic heterocycles. The van der Waals surface area contributed by atoms with Crippen molar-refractivity contribution in [1.82, 2.24) is 0 Å². The number of likely N-dealkylation sites (tertiary alicyclic amines) is 1. The van der Waals surface area contributed by atoms with Crippen LogP contribution in [0.25, 0.3) is 0 Å². The van der Waals surface area contributed by atoms with Gasteiger partial charge in [-0.2, -0.15) is 0 Å². The molecule has 0 atom stereocenters. The lowest BCUT2D eigenvalue weighted by atomic mass is 10.1. The number of hydrogen-bond donors (Lipinski definition) is 0. The number of halogens is 1. The van der Waals surface area contributed by atoms with Gasteiger partial charge in [-0.1, -0.05) is 64.7 Å². The SMILES string of the molecule is CCCCCCCCCCCCOC(=O)C[N+]1(C)CCCCC1.[Cl-]. The molecule has 1 fully saturated rings. The topological polar surface area (TPSA) is 26.3 Å². The van der Waals surface area contributed by atoms with Crippen LogP contribution in [-0.2, 0) is 9.53 Å². The standard InChI is InChI=1S/C20H40NO2.ClH/c1-3-4-5-6-7-8-9-10-11-15-18-23-20(22)19-21(2)16-13-12-14-17-21;/h3-19H2,1-2H3;1H/q+1;/p-1. The number of unbranched alkanes of at least 4 members (excludes halogenated alkanes) is 9. The summed E-state index contributed by atoms with van der Waals surface area (Å²) < 4.78 is 6.31. The fourth-order valence-corrected chi connectivity index (χ4v) is 3.57. The quantitative estimate of drug-likeness (QED) is 0.285. The molecule has 144 valence electrons. The zero-order chi connectivity index (χ0) is 16.8. The van der Waals surface area contributed by atoms with Crippen LogP contribution < -0.4 is 12.4 Å². The highest BCUT2D eigenvalue weighted by Gasteiger charge is 2.28. The lowest BCUT2D eigenvalue weighted by molar-refractivity contribution is -0.907. The second-order valence-electron chi connectivity index (χ2n) is 7.69. The zero-order valence-electron chi connectivity index (χ0n) is 16.2. The summed E-state index contributed by atoms with van der Waals surface area (Å²) >= 11 is 0. The van der Waals surface area contributed by atoms with E-state index in [-0.39, 0.29) is 18.4 Å². The molecule has 0 bridgehead atoms. The molecule has 0 amide bonds. The van der Waals surface area contributed by atoms with E-state index >= 15 is 0 Å². The second kappa shape index (κ2) is 15.0. The van der Waals surface area contributed by atoms with Gasteiger partial charge < -0.3 is 21.6 Å². The molecule has 0 radical (unpaired) electrons. The van der Waals surface area contributed by atoms with Gasteiger partial charge in [0.25, 0.3) is 0 Å². The van der Waals surface area contributed by atoms with Gasteiger partial charge in [-0.3, -0.25) is 0 Å². The van der Waals surface area contributed by atoms with Crippen LogP contribution in [0.3, 0.4) is 0 Å². The van der Waals surface area contributed by atoms with Crippen LogP contribution in [0, 0.1) is 0 Å². The molecule has 1 heterocycles. The van der Waals surface area contributed by atoms with Gasteiger partial charge in [-0.25, -0.2) is 4.79 Å². The normalized spacial score (nSPS) is 16.4. The van der Waals surface area contributed by atoms with Gasteiger partial charge in [0.15, 0.2) is 6.54 Å². The molecule has 0 aromatic heterocycles. The van der Waals surface area contributed by atoms with Crippen molar-refractivity contribution >= 4 is 5.97 Å². The summed E-state index contributed by atoms with van der Waals surface area (Å²) in [6.07, 6.45) is 17.0. The average Bonchev–Trinajstić information content (AvgIpc) is 2.53. The summed E-state index contributed by atoms with van der Waals surface area (Å²) in [6, 6.07) is 0. The monoisotopic (exact) mass is 361 g/mol. The smallest absolute Gasteiger partial charge is 0.361 e. The Morgan fingerprint density at radius 1 is 0.833 bits per heavy atom. The number of esters is 1. The van der Waals surface area contributed by atoms with Gasteiger partial charge in [0.2, 0.25) is 0 Å². The Bertz CT molecular complexity index is 304. The molecule has 0 aromatic carbocycles. The maximum absolute atomic E-state index is 11.9. The Hall–Kier alpha value is -0.280. The van der Waals surface area contributed by atoms with E-state index in [0.717, 1.165) is 24.0 Å². The minimum absolute atomic E-state index is 0. The minimum atomic E-state index is 0. The first-order valence-corrected chi connectivity index (χ1v) is 10.2. The maximum Gasteiger partial charge on any atom is 0.361 e. The van der Waals surface area contributed by atoms with Crippen LogP contribution in [0.15, 0.2) is 0 Å². The third-order valence-corrected chi connectivity index (χ3v) is 5.17. The number of nitrogens with zero attached hydrogens (tertiary/aromatic N) is 1. The predicted octanol–water partition coefficient (Wildman–Crippen LogP) is 2.09. The average molecular weight is 362 g/mol. The Morgan fingerprint density at radius 2 is 1.33 bits per heavy atom. The van der Waals surface area contributed by atoms with Gasteiger partial charge in [-0.15, -0.1) is 0 Å². The molecule has 0 unspecified atom stereocenters. The highest BCUT2D eigenvalue weighted by molar-refractivity contribution is 5.70. The fraction of sp³-hybridized carbons (Fsp3) is 0.950. The summed E-state index contributed by atoms with van der Waals surface area (Å²) in [5, 5.41) is 0. The van der Waals surface area contributed by atoms with Gasteiger partial charge >= 0.3 is 5.97 Å². The Balaban J connectivity index is 0.00000529. The Labute approximate surface area is 156 Å². The largest absolute Gasteiger partial charge is 1.00 e. The minimum Gasteiger partial charge on any atom is -1.00 e. The highest BCUT2D eigenvalue weighted by Crippen LogP contribution is 2.16. The lowest BCUT2D eigenvalue weighted by Crippen LogP contribution is -3.00. The first-order valence-electron chi connectivity index (χ1n) is 10.2. The number of quaternary nitrogens is 1. The molecule has 0 saturated carbocycles. The van der Waals surface area contributed by atoms with Crippen molar-refractivity contribution in [1.29, 1.82) is 0 Å². The number of carbonyl (C=O) groups is 1. The fourth-order valence-electron chi connectivity index (χ4n) is 3.57. The van der Waals surface area contributed by atoms with E-state index in [1.807, 2.05) is 0 Å². The van der Waals surface area contributed by atoms with E-state index in [4.69, 9.17) is 4.74 Å². The number of rotatable bonds is 13. The molecule has 0 N–H and O–H groups in total. The van der Waals surface area contributed by atoms with Crippen molar-refractivity contribution < 1.29 is 26.4 Å². The summed E-state index contributed by atoms with van der Waals surface area (Å²) in [6.45, 7) is 5.72. The van der Waals surface area contributed by atoms with E-state index in [2.05, 4.69) is 14.0 Å². The third kappa shape index (κ3) is 12.1. The zero-order valence-corrected chi connectivity index (χ0v) is 16.9. The number of ether oxygens (including phenoxy) is 1. The van der Waals surface area contributed by atoms with E-state index in [0.29, 0.717) is 13.2 Å². The van der Waals surface area contributed by atoms with Gasteiger partial charge in [0.05, 0.1) is 26.7 Å². The molecule has 0 aliphatic carbocycles. The summed E-state index contributed by atoms with van der Waals surface area (Å²) in [7, 11) is 2.20. The van der Waals surface area contributed by atoms with Crippen LogP contribution in [0.4, 0.5) is 0 Å². The third-order valence-electron chi connectivity index (χ3n) is 5.17. The van der Waals surface area contributed by atoms with Gasteiger partial charge in [0.1, 0.15) is 0 Å². The highest BCUT2D eigenvalue weighted by atomic mass is 35.5. The maximum atomic E-state index is 11.9. The summed E-state index contributed by atoms with van der Waals surface area (Å²) in [4.78, 5) is 11.9. The molecule has 24 heavy (non-hydrogen) atoms. The predicted molar refractivity (Wildman–Crippen MR) is 97.4 cm³/mol. The molecule has 1 rings (SSSR count). The molecular formula is C20H40ClNO2. The number of likely N-dealkylation sites (N-methyl/N-ethyl adjacent to an activating group) is 1. The molecule has 1 aliphatic rings. The summed E-state index contributed by atoms with van der Waals surface area (Å²) in [5.41, 5.74) is 0. The first kappa shape index (κ1) is 23.7. The summed E-state index contributed by atoms with van der Waals surface area (Å²) in [5.74, 6) is 0.00493. The Morgan fingerprint density at radius 3 is 1.88 bits per heavy atom. The number of piperidine rings is 1. The number of carbonyl (C=O) groups excluding carboxylic acids is 1. The molecule has 1 saturated heterocycles. The lowest BCUT2D eigenvalue weighted by Gasteiger charge is -2.36. The van der Waals surface area contributed by atoms with Crippen molar-refractivity contribution in [3.63, 3.8) is 0 Å². The van der Waals surface area contributed by atoms with E-state index in [9.17, 15) is 4.79 Å². The van der Waals surface area contributed by atoms with E-state index in [1.165, 1.54) is 77.0 Å². The molecule has 4 heteroatoms. The van der Waals surface area contributed by atoms with Crippen LogP contribution in [-0.4, -0.2) is 43.7 Å². The second-order valence-corrected chi connectivity index (χ2v) is 7.69. The van der Waals surface area contributed by atoms with Gasteiger partial charge in [0, 0.05) is 0 Å². The van der Waals surface area contributed by atoms with Crippen LogP contribution in [0.5, 0.6) is 0 Å². The van der Waals surface area contributed by atoms with Crippen molar-refractivity contribution in [3.05, 3.63) is 0 Å².